The highest BCUT2D eigenvalue weighted by molar-refractivity contribution is 5.94. The molecule has 1 amide bonds. The molecule has 0 heterocycles. The molecule has 0 aliphatic rings. The Kier molecular flexibility index (Phi) is 6.35. The maximum Gasteiger partial charge on any atom is 0.252 e. The van der Waals surface area contributed by atoms with Crippen LogP contribution in [0.15, 0.2) is 42.5 Å². The average molecular weight is 344 g/mol. The third-order valence-corrected chi connectivity index (χ3v) is 3.30. The topological polar surface area (TPSA) is 41.6 Å². The van der Waals surface area contributed by atoms with Gasteiger partial charge in [0.2, 0.25) is 0 Å². The molecule has 0 aliphatic carbocycles. The van der Waals surface area contributed by atoms with Crippen LogP contribution in [-0.2, 0) is 0 Å². The summed E-state index contributed by atoms with van der Waals surface area (Å²) in [5.41, 5.74) is 1.54. The lowest BCUT2D eigenvalue weighted by Crippen LogP contribution is -2.23. The summed E-state index contributed by atoms with van der Waals surface area (Å²) in [6.45, 7) is 0.0828. The Morgan fingerprint density at radius 2 is 1.84 bits per heavy atom. The van der Waals surface area contributed by atoms with E-state index in [9.17, 15) is 13.6 Å². The molecule has 0 aromatic heterocycles. The van der Waals surface area contributed by atoms with Crippen LogP contribution >= 0.6 is 0 Å². The Bertz CT molecular complexity index is 793. The molecule has 0 atom stereocenters. The molecule has 25 heavy (non-hydrogen) atoms. The smallest absolute Gasteiger partial charge is 0.252 e. The van der Waals surface area contributed by atoms with Gasteiger partial charge in [-0.3, -0.25) is 4.79 Å². The van der Waals surface area contributed by atoms with Gasteiger partial charge in [0.05, 0.1) is 6.54 Å². The first kappa shape index (κ1) is 18.3. The van der Waals surface area contributed by atoms with Crippen LogP contribution in [0.1, 0.15) is 10.4 Å². The van der Waals surface area contributed by atoms with E-state index in [1.807, 2.05) is 31.1 Å². The van der Waals surface area contributed by atoms with Crippen molar-refractivity contribution in [1.82, 2.24) is 5.32 Å². The fourth-order valence-electron chi connectivity index (χ4n) is 1.96. The summed E-state index contributed by atoms with van der Waals surface area (Å²) in [6.07, 6.45) is 0. The number of nitrogens with one attached hydrogen (secondary N) is 1. The largest absolute Gasteiger partial charge is 0.478 e. The molecule has 0 spiro atoms. The number of benzene rings is 2. The van der Waals surface area contributed by atoms with Gasteiger partial charge < -0.3 is 15.0 Å². The van der Waals surface area contributed by atoms with Crippen LogP contribution in [0.25, 0.3) is 0 Å². The van der Waals surface area contributed by atoms with Crippen molar-refractivity contribution in [2.75, 3.05) is 32.1 Å². The number of halogens is 2. The highest BCUT2D eigenvalue weighted by atomic mass is 19.1. The number of nitrogens with zero attached hydrogens (tertiary/aromatic N) is 1. The minimum Gasteiger partial charge on any atom is -0.478 e. The van der Waals surface area contributed by atoms with Crippen LogP contribution in [0.5, 0.6) is 5.75 Å². The number of carbonyl (C=O) groups excluding carboxylic acids is 1. The van der Waals surface area contributed by atoms with Gasteiger partial charge in [0.25, 0.3) is 5.91 Å². The standard InChI is InChI=1S/C19H18F2N2O2/c1-23(2)16-8-5-14(6-9-16)19(24)22-11-3-4-12-25-18-10-7-15(20)13-17(18)21/h5-10,13H,11-12H2,1-2H3,(H,22,24). The zero-order chi connectivity index (χ0) is 18.2. The number of carbonyl (C=O) groups is 1. The van der Waals surface area contributed by atoms with Crippen LogP contribution in [0.2, 0.25) is 0 Å². The van der Waals surface area contributed by atoms with Gasteiger partial charge in [-0.1, -0.05) is 11.8 Å². The summed E-state index contributed by atoms with van der Waals surface area (Å²) >= 11 is 0. The molecule has 0 aliphatic heterocycles. The molecule has 2 aromatic carbocycles. The number of amides is 1. The van der Waals surface area contributed by atoms with Crippen molar-refractivity contribution in [3.05, 3.63) is 59.7 Å². The minimum atomic E-state index is -0.781. The number of rotatable bonds is 5. The number of hydrogen-bond acceptors (Lipinski definition) is 3. The zero-order valence-electron chi connectivity index (χ0n) is 14.0. The van der Waals surface area contributed by atoms with E-state index in [4.69, 9.17) is 4.74 Å². The Hall–Kier alpha value is -3.07. The number of hydrogen-bond donors (Lipinski definition) is 1. The van der Waals surface area contributed by atoms with Crippen molar-refractivity contribution >= 4 is 11.6 Å². The van der Waals surface area contributed by atoms with E-state index in [1.54, 1.807) is 12.1 Å². The van der Waals surface area contributed by atoms with E-state index < -0.39 is 11.6 Å². The molecule has 130 valence electrons. The van der Waals surface area contributed by atoms with Crippen molar-refractivity contribution in [2.45, 2.75) is 0 Å². The van der Waals surface area contributed by atoms with E-state index in [2.05, 4.69) is 17.2 Å². The van der Waals surface area contributed by atoms with Crippen LogP contribution in [-0.4, -0.2) is 33.2 Å². The molecule has 1 N–H and O–H groups in total. The van der Waals surface area contributed by atoms with Crippen LogP contribution in [0, 0.1) is 23.5 Å². The third kappa shape index (κ3) is 5.50. The number of ether oxygens (including phenoxy) is 1. The third-order valence-electron chi connectivity index (χ3n) is 3.30. The van der Waals surface area contributed by atoms with Gasteiger partial charge in [0.1, 0.15) is 12.4 Å². The maximum atomic E-state index is 13.3. The lowest BCUT2D eigenvalue weighted by Gasteiger charge is -2.12. The van der Waals surface area contributed by atoms with Gasteiger partial charge in [-0.2, -0.15) is 0 Å². The quantitative estimate of drug-likeness (QED) is 0.848. The molecular weight excluding hydrogens is 326 g/mol. The first-order valence-electron chi connectivity index (χ1n) is 7.56. The summed E-state index contributed by atoms with van der Waals surface area (Å²) < 4.78 is 31.2. The molecule has 0 bridgehead atoms. The number of anilines is 1. The Morgan fingerprint density at radius 1 is 1.12 bits per heavy atom. The lowest BCUT2D eigenvalue weighted by atomic mass is 10.2. The molecule has 0 radical (unpaired) electrons. The highest BCUT2D eigenvalue weighted by Crippen LogP contribution is 2.17. The fourth-order valence-corrected chi connectivity index (χ4v) is 1.96. The summed E-state index contributed by atoms with van der Waals surface area (Å²) in [5, 5.41) is 2.66. The Morgan fingerprint density at radius 3 is 2.48 bits per heavy atom. The summed E-state index contributed by atoms with van der Waals surface area (Å²) in [6, 6.07) is 10.2. The molecular formula is C19H18F2N2O2. The van der Waals surface area contributed by atoms with Crippen LogP contribution in [0.4, 0.5) is 14.5 Å². The minimum absolute atomic E-state index is 0.0596. The van der Waals surface area contributed by atoms with Crippen molar-refractivity contribution in [2.24, 2.45) is 0 Å². The first-order valence-corrected chi connectivity index (χ1v) is 7.56. The molecule has 0 unspecified atom stereocenters. The van der Waals surface area contributed by atoms with Gasteiger partial charge in [-0.15, -0.1) is 0 Å². The highest BCUT2D eigenvalue weighted by Gasteiger charge is 2.05. The predicted octanol–water partition coefficient (Wildman–Crippen LogP) is 2.84. The van der Waals surface area contributed by atoms with Crippen LogP contribution in [0.3, 0.4) is 0 Å². The second-order valence-corrected chi connectivity index (χ2v) is 5.34. The SMILES string of the molecule is CN(C)c1ccc(C(=O)NCC#CCOc2ccc(F)cc2F)cc1. The molecule has 0 saturated heterocycles. The van der Waals surface area contributed by atoms with Gasteiger partial charge in [-0.25, -0.2) is 8.78 Å². The van der Waals surface area contributed by atoms with Crippen molar-refractivity contribution in [3.63, 3.8) is 0 Å². The zero-order valence-corrected chi connectivity index (χ0v) is 14.0. The van der Waals surface area contributed by atoms with E-state index in [-0.39, 0.29) is 24.8 Å². The second-order valence-electron chi connectivity index (χ2n) is 5.34. The van der Waals surface area contributed by atoms with Crippen molar-refractivity contribution in [3.8, 4) is 17.6 Å². The Labute approximate surface area is 145 Å². The molecule has 2 rings (SSSR count). The molecule has 2 aromatic rings. The Balaban J connectivity index is 1.77. The van der Waals surface area contributed by atoms with Crippen molar-refractivity contribution < 1.29 is 18.3 Å². The molecule has 0 fully saturated rings. The fraction of sp³-hybridized carbons (Fsp3) is 0.211. The maximum absolute atomic E-state index is 13.3. The van der Waals surface area contributed by atoms with Crippen LogP contribution < -0.4 is 15.0 Å². The average Bonchev–Trinajstić information content (AvgIpc) is 2.59. The molecule has 6 heteroatoms. The summed E-state index contributed by atoms with van der Waals surface area (Å²) in [4.78, 5) is 13.9. The predicted molar refractivity (Wildman–Crippen MR) is 92.7 cm³/mol. The molecule has 0 saturated carbocycles. The van der Waals surface area contributed by atoms with Crippen molar-refractivity contribution in [1.29, 1.82) is 0 Å². The van der Waals surface area contributed by atoms with E-state index >= 15 is 0 Å². The van der Waals surface area contributed by atoms with Gasteiger partial charge in [0, 0.05) is 31.4 Å². The summed E-state index contributed by atoms with van der Waals surface area (Å²) in [7, 11) is 3.84. The normalized spacial score (nSPS) is 9.76. The molecule has 4 nitrogen and oxygen atoms in total. The van der Waals surface area contributed by atoms with Gasteiger partial charge >= 0.3 is 0 Å². The lowest BCUT2D eigenvalue weighted by molar-refractivity contribution is 0.0958. The second kappa shape index (κ2) is 8.69. The summed E-state index contributed by atoms with van der Waals surface area (Å²) in [5.74, 6) is 3.61. The van der Waals surface area contributed by atoms with E-state index in [0.29, 0.717) is 5.56 Å². The van der Waals surface area contributed by atoms with Gasteiger partial charge in [0.15, 0.2) is 11.6 Å². The van der Waals surface area contributed by atoms with E-state index in [0.717, 1.165) is 17.8 Å². The monoisotopic (exact) mass is 344 g/mol. The van der Waals surface area contributed by atoms with E-state index in [1.165, 1.54) is 6.07 Å². The van der Waals surface area contributed by atoms with Gasteiger partial charge in [-0.05, 0) is 36.4 Å². The first-order chi connectivity index (χ1) is 12.0.